The van der Waals surface area contributed by atoms with E-state index in [1.54, 1.807) is 54.5 Å². The Bertz CT molecular complexity index is 906. The number of rotatable bonds is 6. The fraction of sp³-hybridized carbons (Fsp3) is 0.200. The highest BCUT2D eigenvalue weighted by Gasteiger charge is 2.31. The third-order valence-electron chi connectivity index (χ3n) is 4.39. The summed E-state index contributed by atoms with van der Waals surface area (Å²) in [4.78, 5) is 36.2. The van der Waals surface area contributed by atoms with Crippen LogP contribution in [-0.2, 0) is 9.59 Å². The molecule has 0 aliphatic carbocycles. The quantitative estimate of drug-likeness (QED) is 0.471. The first kappa shape index (κ1) is 19.1. The van der Waals surface area contributed by atoms with Gasteiger partial charge in [0.25, 0.3) is 5.69 Å². The summed E-state index contributed by atoms with van der Waals surface area (Å²) in [6.07, 6.45) is 3.14. The van der Waals surface area contributed by atoms with E-state index < -0.39 is 4.92 Å². The number of benzene rings is 2. The predicted octanol–water partition coefficient (Wildman–Crippen LogP) is 2.54. The van der Waals surface area contributed by atoms with E-state index in [4.69, 9.17) is 4.74 Å². The fourth-order valence-electron chi connectivity index (χ4n) is 2.94. The van der Waals surface area contributed by atoms with Crippen LogP contribution < -0.4 is 15.0 Å². The summed E-state index contributed by atoms with van der Waals surface area (Å²) in [5.41, 5.74) is 1.41. The zero-order chi connectivity index (χ0) is 20.1. The second-order valence-corrected chi connectivity index (χ2v) is 6.29. The number of nitro benzene ring substituents is 1. The van der Waals surface area contributed by atoms with Gasteiger partial charge in [-0.1, -0.05) is 0 Å². The van der Waals surface area contributed by atoms with Crippen molar-refractivity contribution in [1.82, 2.24) is 5.32 Å². The Morgan fingerprint density at radius 1 is 1.21 bits per heavy atom. The van der Waals surface area contributed by atoms with Gasteiger partial charge in [-0.2, -0.15) is 0 Å². The minimum atomic E-state index is -0.480. The summed E-state index contributed by atoms with van der Waals surface area (Å²) in [7, 11) is 1.58. The molecule has 2 aromatic carbocycles. The second kappa shape index (κ2) is 8.34. The first-order valence-corrected chi connectivity index (χ1v) is 8.63. The lowest BCUT2D eigenvalue weighted by molar-refractivity contribution is -0.384. The van der Waals surface area contributed by atoms with Gasteiger partial charge in [-0.15, -0.1) is 0 Å². The van der Waals surface area contributed by atoms with Crippen LogP contribution in [0, 0.1) is 10.1 Å². The van der Waals surface area contributed by atoms with Gasteiger partial charge in [0.15, 0.2) is 0 Å². The summed E-state index contributed by atoms with van der Waals surface area (Å²) in [6, 6.07) is 12.7. The first-order chi connectivity index (χ1) is 13.5. The molecule has 1 unspecified atom stereocenters. The van der Waals surface area contributed by atoms with Crippen LogP contribution in [0.1, 0.15) is 12.0 Å². The zero-order valence-electron chi connectivity index (χ0n) is 15.2. The maximum atomic E-state index is 12.3. The van der Waals surface area contributed by atoms with E-state index in [0.29, 0.717) is 17.9 Å². The van der Waals surface area contributed by atoms with Gasteiger partial charge in [0.1, 0.15) is 5.75 Å². The number of hydrogen-bond donors (Lipinski definition) is 1. The van der Waals surface area contributed by atoms with Crippen LogP contribution in [-0.4, -0.2) is 36.4 Å². The van der Waals surface area contributed by atoms with E-state index in [9.17, 15) is 19.7 Å². The molecule has 0 spiro atoms. The molecule has 0 aromatic heterocycles. The second-order valence-electron chi connectivity index (χ2n) is 6.29. The molecule has 144 valence electrons. The fourth-order valence-corrected chi connectivity index (χ4v) is 2.94. The third kappa shape index (κ3) is 4.53. The van der Waals surface area contributed by atoms with Gasteiger partial charge in [0.2, 0.25) is 11.8 Å². The minimum absolute atomic E-state index is 0.00954. The van der Waals surface area contributed by atoms with Gasteiger partial charge in [-0.25, -0.2) is 0 Å². The monoisotopic (exact) mass is 381 g/mol. The summed E-state index contributed by atoms with van der Waals surface area (Å²) >= 11 is 0. The third-order valence-corrected chi connectivity index (χ3v) is 4.39. The highest BCUT2D eigenvalue weighted by Crippen LogP contribution is 2.24. The van der Waals surface area contributed by atoms with Gasteiger partial charge in [-0.05, 0) is 48.0 Å². The smallest absolute Gasteiger partial charge is 0.269 e. The summed E-state index contributed by atoms with van der Waals surface area (Å²) in [6.45, 7) is 0.391. The molecule has 0 bridgehead atoms. The lowest BCUT2D eigenvalue weighted by atomic mass is 10.2. The molecule has 2 aromatic rings. The van der Waals surface area contributed by atoms with Crippen LogP contribution in [0.4, 0.5) is 11.4 Å². The van der Waals surface area contributed by atoms with Crippen LogP contribution in [0.25, 0.3) is 6.08 Å². The normalized spacial score (nSPS) is 16.4. The number of nitrogens with one attached hydrogen (secondary N) is 1. The first-order valence-electron chi connectivity index (χ1n) is 8.63. The van der Waals surface area contributed by atoms with Crippen molar-refractivity contribution < 1.29 is 19.2 Å². The van der Waals surface area contributed by atoms with Crippen LogP contribution in [0.5, 0.6) is 5.75 Å². The number of carbonyl (C=O) groups is 2. The Kier molecular flexibility index (Phi) is 5.69. The Morgan fingerprint density at radius 3 is 2.50 bits per heavy atom. The molecule has 1 aliphatic heterocycles. The number of anilines is 1. The Morgan fingerprint density at radius 2 is 1.89 bits per heavy atom. The molecule has 1 aliphatic rings. The maximum Gasteiger partial charge on any atom is 0.269 e. The molecule has 1 heterocycles. The molecular formula is C20H19N3O5. The lowest BCUT2D eigenvalue weighted by Gasteiger charge is -2.17. The van der Waals surface area contributed by atoms with Crippen molar-refractivity contribution in [3.63, 3.8) is 0 Å². The van der Waals surface area contributed by atoms with Gasteiger partial charge in [0.05, 0.1) is 18.1 Å². The lowest BCUT2D eigenvalue weighted by Crippen LogP contribution is -2.36. The van der Waals surface area contributed by atoms with Crippen molar-refractivity contribution in [2.45, 2.75) is 12.5 Å². The average molecular weight is 381 g/mol. The van der Waals surface area contributed by atoms with Crippen LogP contribution >= 0.6 is 0 Å². The molecule has 1 N–H and O–H groups in total. The van der Waals surface area contributed by atoms with E-state index >= 15 is 0 Å². The van der Waals surface area contributed by atoms with Crippen molar-refractivity contribution in [3.8, 4) is 5.75 Å². The Labute approximate surface area is 161 Å². The molecule has 8 heteroatoms. The number of ether oxygens (including phenoxy) is 1. The largest absolute Gasteiger partial charge is 0.497 e. The van der Waals surface area contributed by atoms with Crippen molar-refractivity contribution in [1.29, 1.82) is 0 Å². The molecule has 8 nitrogen and oxygen atoms in total. The van der Waals surface area contributed by atoms with E-state index in [1.807, 2.05) is 0 Å². The summed E-state index contributed by atoms with van der Waals surface area (Å²) in [5.74, 6) is 0.319. The van der Waals surface area contributed by atoms with E-state index in [2.05, 4.69) is 5.32 Å². The van der Waals surface area contributed by atoms with Gasteiger partial charge in [-0.3, -0.25) is 19.7 Å². The molecular weight excluding hydrogens is 362 g/mol. The molecule has 1 fully saturated rings. The molecule has 3 rings (SSSR count). The number of hydrogen-bond acceptors (Lipinski definition) is 5. The molecule has 1 saturated heterocycles. The predicted molar refractivity (Wildman–Crippen MR) is 104 cm³/mol. The van der Waals surface area contributed by atoms with Gasteiger partial charge >= 0.3 is 0 Å². The topological polar surface area (TPSA) is 102 Å². The van der Waals surface area contributed by atoms with Crippen LogP contribution in [0.15, 0.2) is 54.6 Å². The minimum Gasteiger partial charge on any atom is -0.497 e. The van der Waals surface area contributed by atoms with Crippen molar-refractivity contribution in [2.24, 2.45) is 0 Å². The molecule has 1 atom stereocenters. The number of nitro groups is 1. The Balaban J connectivity index is 1.57. The molecule has 0 saturated carbocycles. The zero-order valence-corrected chi connectivity index (χ0v) is 15.2. The number of amides is 2. The Hall–Kier alpha value is -3.68. The van der Waals surface area contributed by atoms with Gasteiger partial charge in [0, 0.05) is 36.9 Å². The number of nitrogens with zero attached hydrogens (tertiary/aromatic N) is 2. The highest BCUT2D eigenvalue weighted by atomic mass is 16.6. The number of carbonyl (C=O) groups excluding carboxylic acids is 2. The average Bonchev–Trinajstić information content (AvgIpc) is 3.06. The van der Waals surface area contributed by atoms with Crippen molar-refractivity contribution in [3.05, 3.63) is 70.3 Å². The van der Waals surface area contributed by atoms with E-state index in [0.717, 1.165) is 5.69 Å². The number of non-ortho nitro benzene ring substituents is 1. The van der Waals surface area contributed by atoms with Gasteiger partial charge < -0.3 is 15.0 Å². The molecule has 2 amide bonds. The summed E-state index contributed by atoms with van der Waals surface area (Å²) in [5, 5.41) is 13.5. The highest BCUT2D eigenvalue weighted by molar-refractivity contribution is 5.98. The van der Waals surface area contributed by atoms with Crippen LogP contribution in [0.3, 0.4) is 0 Å². The summed E-state index contributed by atoms with van der Waals surface area (Å²) < 4.78 is 5.11. The SMILES string of the molecule is COc1ccc(N2CC(NC(=O)/C=C/c3ccc([N+](=O)[O-])cc3)CC2=O)cc1. The van der Waals surface area contributed by atoms with E-state index in [-0.39, 0.29) is 30.0 Å². The van der Waals surface area contributed by atoms with E-state index in [1.165, 1.54) is 18.2 Å². The molecule has 28 heavy (non-hydrogen) atoms. The number of methoxy groups -OCH3 is 1. The van der Waals surface area contributed by atoms with Crippen LogP contribution in [0.2, 0.25) is 0 Å². The van der Waals surface area contributed by atoms with Crippen molar-refractivity contribution in [2.75, 3.05) is 18.6 Å². The molecule has 0 radical (unpaired) electrons. The standard InChI is InChI=1S/C20H19N3O5/c1-28-18-9-7-16(8-10-18)22-13-15(12-20(22)25)21-19(24)11-4-14-2-5-17(6-3-14)23(26)27/h2-11,15H,12-13H2,1H3,(H,21,24)/b11-4+. The van der Waals surface area contributed by atoms with Crippen molar-refractivity contribution >= 4 is 29.3 Å². The maximum absolute atomic E-state index is 12.3.